The Morgan fingerprint density at radius 1 is 0.864 bits per heavy atom. The summed E-state index contributed by atoms with van der Waals surface area (Å²) < 4.78 is 71.1. The van der Waals surface area contributed by atoms with Crippen molar-refractivity contribution in [3.63, 3.8) is 0 Å². The number of hydrogen-bond acceptors (Lipinski definition) is 5. The maximum atomic E-state index is 15.5. The maximum Gasteiger partial charge on any atom is 0.416 e. The molecule has 234 valence electrons. The van der Waals surface area contributed by atoms with E-state index in [4.69, 9.17) is 9.47 Å². The van der Waals surface area contributed by atoms with Crippen molar-refractivity contribution in [3.8, 4) is 5.75 Å². The van der Waals surface area contributed by atoms with Crippen molar-refractivity contribution < 1.29 is 27.0 Å². The number of methoxy groups -OCH3 is 2. The number of rotatable bonds is 8. The molecule has 0 aliphatic carbocycles. The Morgan fingerprint density at radius 2 is 1.59 bits per heavy atom. The minimum absolute atomic E-state index is 0.00867. The summed E-state index contributed by atoms with van der Waals surface area (Å²) in [4.78, 5) is 18.4. The van der Waals surface area contributed by atoms with Gasteiger partial charge in [0.1, 0.15) is 17.1 Å². The van der Waals surface area contributed by atoms with E-state index in [9.17, 15) is 18.0 Å². The lowest BCUT2D eigenvalue weighted by Gasteiger charge is -2.32. The minimum atomic E-state index is -4.56. The number of piperidine rings is 1. The predicted molar refractivity (Wildman–Crippen MR) is 161 cm³/mol. The predicted octanol–water partition coefficient (Wildman–Crippen LogP) is 6.08. The molecule has 2 aliphatic rings. The Labute approximate surface area is 253 Å². The van der Waals surface area contributed by atoms with E-state index < -0.39 is 17.4 Å². The Bertz CT molecular complexity index is 1690. The van der Waals surface area contributed by atoms with E-state index in [1.54, 1.807) is 35.9 Å². The van der Waals surface area contributed by atoms with Gasteiger partial charge in [-0.3, -0.25) is 14.0 Å². The summed E-state index contributed by atoms with van der Waals surface area (Å²) in [6.07, 6.45) is -1.89. The lowest BCUT2D eigenvalue weighted by molar-refractivity contribution is -0.138. The Kier molecular flexibility index (Phi) is 8.43. The first-order chi connectivity index (χ1) is 21.2. The standard InChI is InChI=1S/C33H36F4N4O3/c1-43-25-14-16-38(17-15-25)19-23-8-5-10-27(34)30(23)39-18-13-24(21-39)41-28-11-6-12-29(44-2)31(28)40(32(41)42)20-22-7-3-4-9-26(22)33(35,36)37/h3-12,24-25H,13-21H2,1-2H3. The summed E-state index contributed by atoms with van der Waals surface area (Å²) in [6.45, 7) is 2.99. The fourth-order valence-electron chi connectivity index (χ4n) is 6.82. The highest BCUT2D eigenvalue weighted by atomic mass is 19.4. The van der Waals surface area contributed by atoms with Crippen molar-refractivity contribution in [1.29, 1.82) is 0 Å². The number of imidazole rings is 1. The van der Waals surface area contributed by atoms with Crippen molar-refractivity contribution in [2.75, 3.05) is 45.3 Å². The molecule has 1 aromatic heterocycles. The number of halogens is 4. The number of alkyl halides is 3. The smallest absolute Gasteiger partial charge is 0.416 e. The topological polar surface area (TPSA) is 51.9 Å². The van der Waals surface area contributed by atoms with Crippen molar-refractivity contribution in [1.82, 2.24) is 14.0 Å². The Balaban J connectivity index is 1.33. The molecular weight excluding hydrogens is 576 g/mol. The molecule has 3 heterocycles. The van der Waals surface area contributed by atoms with Gasteiger partial charge in [0.25, 0.3) is 0 Å². The van der Waals surface area contributed by atoms with Crippen LogP contribution in [0.5, 0.6) is 5.75 Å². The molecule has 0 saturated carbocycles. The summed E-state index contributed by atoms with van der Waals surface area (Å²) in [5, 5.41) is 0. The van der Waals surface area contributed by atoms with Crippen LogP contribution in [0.15, 0.2) is 65.5 Å². The van der Waals surface area contributed by atoms with Gasteiger partial charge in [0.15, 0.2) is 0 Å². The monoisotopic (exact) mass is 612 g/mol. The third-order valence-electron chi connectivity index (χ3n) is 8.99. The van der Waals surface area contributed by atoms with E-state index in [1.807, 2.05) is 11.0 Å². The number of fused-ring (bicyclic) bond motifs is 1. The van der Waals surface area contributed by atoms with Crippen LogP contribution in [0.3, 0.4) is 0 Å². The summed E-state index contributed by atoms with van der Waals surface area (Å²) >= 11 is 0. The third-order valence-corrected chi connectivity index (χ3v) is 8.99. The molecule has 2 aliphatic heterocycles. The van der Waals surface area contributed by atoms with Crippen LogP contribution >= 0.6 is 0 Å². The fourth-order valence-corrected chi connectivity index (χ4v) is 6.82. The second-order valence-electron chi connectivity index (χ2n) is 11.6. The van der Waals surface area contributed by atoms with Crippen LogP contribution in [0.2, 0.25) is 0 Å². The van der Waals surface area contributed by atoms with E-state index in [0.717, 1.165) is 37.6 Å². The molecule has 6 rings (SSSR count). The average molecular weight is 613 g/mol. The molecule has 4 aromatic rings. The van der Waals surface area contributed by atoms with Crippen LogP contribution in [0, 0.1) is 5.82 Å². The molecule has 2 fully saturated rings. The SMILES string of the molecule is COc1cccc2c1n(Cc1ccccc1C(F)(F)F)c(=O)n2C1CCN(c2c(F)cccc2CN2CCC(OC)CC2)C1. The first-order valence-corrected chi connectivity index (χ1v) is 14.9. The van der Waals surface area contributed by atoms with E-state index in [1.165, 1.54) is 35.9 Å². The van der Waals surface area contributed by atoms with Gasteiger partial charge in [0.05, 0.1) is 42.6 Å². The molecule has 0 bridgehead atoms. The molecule has 0 spiro atoms. The maximum absolute atomic E-state index is 15.5. The van der Waals surface area contributed by atoms with Crippen molar-refractivity contribution in [3.05, 3.63) is 93.7 Å². The van der Waals surface area contributed by atoms with Gasteiger partial charge in [-0.05, 0) is 54.7 Å². The van der Waals surface area contributed by atoms with Crippen molar-refractivity contribution in [2.24, 2.45) is 0 Å². The second kappa shape index (κ2) is 12.3. The molecule has 1 atom stereocenters. The largest absolute Gasteiger partial charge is 0.494 e. The highest BCUT2D eigenvalue weighted by molar-refractivity contribution is 5.83. The molecule has 0 radical (unpaired) electrons. The average Bonchev–Trinajstić information content (AvgIpc) is 3.59. The summed E-state index contributed by atoms with van der Waals surface area (Å²) in [5.41, 5.74) is 1.21. The first kappa shape index (κ1) is 30.2. The number of aromatic nitrogens is 2. The molecule has 7 nitrogen and oxygen atoms in total. The highest BCUT2D eigenvalue weighted by Crippen LogP contribution is 2.36. The van der Waals surface area contributed by atoms with Crippen LogP contribution in [0.25, 0.3) is 11.0 Å². The lowest BCUT2D eigenvalue weighted by Crippen LogP contribution is -2.36. The van der Waals surface area contributed by atoms with Gasteiger partial charge in [-0.25, -0.2) is 9.18 Å². The number of benzene rings is 3. The van der Waals surface area contributed by atoms with Crippen molar-refractivity contribution in [2.45, 2.75) is 50.7 Å². The fraction of sp³-hybridized carbons (Fsp3) is 0.424. The third kappa shape index (κ3) is 5.70. The van der Waals surface area contributed by atoms with Gasteiger partial charge in [0, 0.05) is 39.8 Å². The lowest BCUT2D eigenvalue weighted by atomic mass is 10.1. The number of nitrogens with zero attached hydrogens (tertiary/aromatic N) is 4. The molecule has 0 amide bonds. The molecule has 11 heteroatoms. The molecule has 0 N–H and O–H groups in total. The van der Waals surface area contributed by atoms with Crippen LogP contribution in [0.4, 0.5) is 23.2 Å². The molecular formula is C33H36F4N4O3. The zero-order valence-electron chi connectivity index (χ0n) is 24.8. The summed E-state index contributed by atoms with van der Waals surface area (Å²) in [7, 11) is 3.20. The number of ether oxygens (including phenoxy) is 2. The molecule has 44 heavy (non-hydrogen) atoms. The highest BCUT2D eigenvalue weighted by Gasteiger charge is 2.35. The number of anilines is 1. The van der Waals surface area contributed by atoms with E-state index in [-0.39, 0.29) is 30.1 Å². The first-order valence-electron chi connectivity index (χ1n) is 14.9. The van der Waals surface area contributed by atoms with Gasteiger partial charge in [-0.15, -0.1) is 0 Å². The minimum Gasteiger partial charge on any atom is -0.494 e. The second-order valence-corrected chi connectivity index (χ2v) is 11.6. The van der Waals surface area contributed by atoms with E-state index in [2.05, 4.69) is 4.90 Å². The van der Waals surface area contributed by atoms with Gasteiger partial charge in [0.2, 0.25) is 0 Å². The summed E-state index contributed by atoms with van der Waals surface area (Å²) in [5.74, 6) is 0.0847. The number of para-hydroxylation sites is 2. The van der Waals surface area contributed by atoms with E-state index >= 15 is 4.39 Å². The van der Waals surface area contributed by atoms with Gasteiger partial charge < -0.3 is 14.4 Å². The van der Waals surface area contributed by atoms with Crippen LogP contribution in [-0.2, 0) is 24.0 Å². The zero-order chi connectivity index (χ0) is 31.0. The zero-order valence-corrected chi connectivity index (χ0v) is 24.8. The summed E-state index contributed by atoms with van der Waals surface area (Å²) in [6, 6.07) is 15.4. The normalized spacial score (nSPS) is 18.4. The van der Waals surface area contributed by atoms with E-state index in [0.29, 0.717) is 48.5 Å². The van der Waals surface area contributed by atoms with Gasteiger partial charge >= 0.3 is 11.9 Å². The molecule has 2 saturated heterocycles. The van der Waals surface area contributed by atoms with Crippen molar-refractivity contribution >= 4 is 16.7 Å². The number of likely N-dealkylation sites (tertiary alicyclic amines) is 1. The van der Waals surface area contributed by atoms with Crippen LogP contribution in [0.1, 0.15) is 42.0 Å². The molecule has 3 aromatic carbocycles. The Morgan fingerprint density at radius 3 is 2.32 bits per heavy atom. The Hall–Kier alpha value is -3.83. The van der Waals surface area contributed by atoms with Gasteiger partial charge in [-0.1, -0.05) is 36.4 Å². The molecule has 1 unspecified atom stereocenters. The van der Waals surface area contributed by atoms with Crippen LogP contribution in [-0.4, -0.2) is 60.5 Å². The van der Waals surface area contributed by atoms with Gasteiger partial charge in [-0.2, -0.15) is 13.2 Å². The van der Waals surface area contributed by atoms with Crippen LogP contribution < -0.4 is 15.3 Å². The quantitative estimate of drug-likeness (QED) is 0.226. The number of hydrogen-bond donors (Lipinski definition) is 0.